The van der Waals surface area contributed by atoms with Gasteiger partial charge in [-0.2, -0.15) is 0 Å². The molecule has 0 aliphatic heterocycles. The second kappa shape index (κ2) is 4.85. The monoisotopic (exact) mass is 140 g/mol. The van der Waals surface area contributed by atoms with Crippen LogP contribution in [0.15, 0.2) is 0 Å². The van der Waals surface area contributed by atoms with Crippen LogP contribution in [-0.2, 0) is 0 Å². The van der Waals surface area contributed by atoms with E-state index in [2.05, 4.69) is 6.92 Å². The van der Waals surface area contributed by atoms with Gasteiger partial charge in [0.05, 0.1) is 5.84 Å². The predicted molar refractivity (Wildman–Crippen MR) is 43.5 cm³/mol. The third-order valence-electron chi connectivity index (χ3n) is 1.17. The van der Waals surface area contributed by atoms with E-state index >= 15 is 0 Å². The fraction of sp³-hybridized carbons (Fsp3) is 0.571. The second-order valence-electron chi connectivity index (χ2n) is 2.34. The average Bonchev–Trinajstić information content (AvgIpc) is 1.79. The highest BCUT2D eigenvalue weighted by molar-refractivity contribution is 5.85. The molecular formula is C7H14N3+. The van der Waals surface area contributed by atoms with Crippen molar-refractivity contribution >= 4 is 11.5 Å². The summed E-state index contributed by atoms with van der Waals surface area (Å²) in [4.78, 5) is 0. The summed E-state index contributed by atoms with van der Waals surface area (Å²) in [5, 5.41) is 13.9. The molecule has 0 spiro atoms. The molecule has 0 atom stereocenters. The molecule has 0 unspecified atom stereocenters. The molecule has 0 bridgehead atoms. The van der Waals surface area contributed by atoms with Crippen molar-refractivity contribution in [2.45, 2.75) is 25.7 Å². The van der Waals surface area contributed by atoms with Crippen LogP contribution in [0.3, 0.4) is 0 Å². The number of amidine groups is 1. The zero-order chi connectivity index (χ0) is 7.98. The summed E-state index contributed by atoms with van der Waals surface area (Å²) in [5.74, 6) is 0.232. The highest BCUT2D eigenvalue weighted by Gasteiger charge is 1.96. The quantitative estimate of drug-likeness (QED) is 0.229. The van der Waals surface area contributed by atoms with Gasteiger partial charge in [0, 0.05) is 12.8 Å². The summed E-state index contributed by atoms with van der Waals surface area (Å²) in [6.45, 7) is 3.45. The number of rotatable bonds is 5. The summed E-state index contributed by atoms with van der Waals surface area (Å²) in [6.07, 6.45) is 3.19. The van der Waals surface area contributed by atoms with Crippen molar-refractivity contribution < 1.29 is 0 Å². The van der Waals surface area contributed by atoms with Gasteiger partial charge in [0.1, 0.15) is 6.92 Å². The van der Waals surface area contributed by atoms with Gasteiger partial charge in [0.2, 0.25) is 0 Å². The van der Waals surface area contributed by atoms with Crippen LogP contribution < -0.4 is 5.73 Å². The van der Waals surface area contributed by atoms with Gasteiger partial charge in [0.25, 0.3) is 0 Å². The first kappa shape index (κ1) is 9.01. The zero-order valence-electron chi connectivity index (χ0n) is 6.11. The maximum atomic E-state index is 6.98. The molecule has 10 heavy (non-hydrogen) atoms. The molecule has 56 valence electrons. The van der Waals surface area contributed by atoms with E-state index in [1.807, 2.05) is 0 Å². The SMILES string of the molecule is [CH2+]C(=N)CCCCC(=N)N. The highest BCUT2D eigenvalue weighted by atomic mass is 14.7. The predicted octanol–water partition coefficient (Wildman–Crippen LogP) is 1.34. The van der Waals surface area contributed by atoms with Crippen LogP contribution in [-0.4, -0.2) is 11.5 Å². The number of nitrogens with one attached hydrogen (secondary N) is 2. The van der Waals surface area contributed by atoms with Crippen molar-refractivity contribution in [1.29, 1.82) is 10.8 Å². The Bertz CT molecular complexity index is 113. The molecule has 0 aromatic heterocycles. The molecule has 3 nitrogen and oxygen atoms in total. The van der Waals surface area contributed by atoms with Crippen LogP contribution in [0.5, 0.6) is 0 Å². The van der Waals surface area contributed by atoms with E-state index in [-0.39, 0.29) is 5.84 Å². The maximum absolute atomic E-state index is 6.98. The lowest BCUT2D eigenvalue weighted by Crippen LogP contribution is -2.08. The van der Waals surface area contributed by atoms with Gasteiger partial charge in [-0.05, 0) is 12.8 Å². The van der Waals surface area contributed by atoms with Crippen LogP contribution in [0.1, 0.15) is 25.7 Å². The largest absolute Gasteiger partial charge is 0.388 e. The van der Waals surface area contributed by atoms with Crippen molar-refractivity contribution in [3.63, 3.8) is 0 Å². The molecule has 0 saturated heterocycles. The van der Waals surface area contributed by atoms with Crippen molar-refractivity contribution in [3.05, 3.63) is 6.92 Å². The van der Waals surface area contributed by atoms with E-state index < -0.39 is 0 Å². The molecule has 0 aromatic carbocycles. The molecule has 0 rings (SSSR count). The molecular weight excluding hydrogens is 126 g/mol. The van der Waals surface area contributed by atoms with Gasteiger partial charge in [0.15, 0.2) is 5.71 Å². The third kappa shape index (κ3) is 7.01. The molecule has 0 radical (unpaired) electrons. The second-order valence-corrected chi connectivity index (χ2v) is 2.34. The first-order valence-electron chi connectivity index (χ1n) is 3.35. The Hall–Kier alpha value is -0.990. The molecule has 0 saturated carbocycles. The number of hydrogen-bond donors (Lipinski definition) is 3. The van der Waals surface area contributed by atoms with E-state index in [1.165, 1.54) is 0 Å². The van der Waals surface area contributed by atoms with Crippen molar-refractivity contribution in [2.24, 2.45) is 5.73 Å². The molecule has 3 heteroatoms. The Kier molecular flexibility index (Phi) is 4.37. The van der Waals surface area contributed by atoms with Gasteiger partial charge in [-0.1, -0.05) is 0 Å². The lowest BCUT2D eigenvalue weighted by Gasteiger charge is -1.94. The molecule has 0 fully saturated rings. The smallest absolute Gasteiger partial charge is 0.187 e. The van der Waals surface area contributed by atoms with Gasteiger partial charge < -0.3 is 5.73 Å². The van der Waals surface area contributed by atoms with Crippen molar-refractivity contribution in [2.75, 3.05) is 0 Å². The minimum absolute atomic E-state index is 0.232. The zero-order valence-corrected chi connectivity index (χ0v) is 6.11. The molecule has 0 heterocycles. The molecule has 0 aliphatic rings. The maximum Gasteiger partial charge on any atom is 0.187 e. The fourth-order valence-electron chi connectivity index (χ4n) is 0.654. The van der Waals surface area contributed by atoms with Crippen LogP contribution in [0, 0.1) is 17.7 Å². The summed E-state index contributed by atoms with van der Waals surface area (Å²) in [5.41, 5.74) is 5.58. The minimum atomic E-state index is 0.232. The molecule has 0 aliphatic carbocycles. The van der Waals surface area contributed by atoms with Gasteiger partial charge in [-0.3, -0.25) is 10.8 Å². The number of nitrogens with two attached hydrogens (primary N) is 1. The number of unbranched alkanes of at least 4 members (excludes halogenated alkanes) is 1. The first-order chi connectivity index (χ1) is 4.63. The summed E-state index contributed by atoms with van der Waals surface area (Å²) in [7, 11) is 0. The molecule has 0 aromatic rings. The van der Waals surface area contributed by atoms with Crippen molar-refractivity contribution in [1.82, 2.24) is 0 Å². The lowest BCUT2D eigenvalue weighted by atomic mass is 10.1. The van der Waals surface area contributed by atoms with Crippen LogP contribution >= 0.6 is 0 Å². The summed E-state index contributed by atoms with van der Waals surface area (Å²) < 4.78 is 0. The fourth-order valence-corrected chi connectivity index (χ4v) is 0.654. The van der Waals surface area contributed by atoms with E-state index in [0.717, 1.165) is 19.3 Å². The van der Waals surface area contributed by atoms with E-state index in [9.17, 15) is 0 Å². The van der Waals surface area contributed by atoms with E-state index in [4.69, 9.17) is 16.6 Å². The Labute approximate surface area is 61.6 Å². The topological polar surface area (TPSA) is 73.7 Å². The van der Waals surface area contributed by atoms with Gasteiger partial charge in [-0.15, -0.1) is 0 Å². The lowest BCUT2D eigenvalue weighted by molar-refractivity contribution is 0.789. The van der Waals surface area contributed by atoms with E-state index in [1.54, 1.807) is 0 Å². The standard InChI is InChI=1S/C7H14N3/c1-6(8)4-2-3-5-7(9)10/h8H,1-5H2,(H3,9,10)/q+1. The van der Waals surface area contributed by atoms with Crippen LogP contribution in [0.4, 0.5) is 0 Å². The first-order valence-corrected chi connectivity index (χ1v) is 3.35. The Balaban J connectivity index is 3.06. The van der Waals surface area contributed by atoms with Crippen LogP contribution in [0.25, 0.3) is 0 Å². The number of hydrogen-bond acceptors (Lipinski definition) is 2. The molecule has 0 amide bonds. The summed E-state index contributed by atoms with van der Waals surface area (Å²) in [6, 6.07) is 0. The van der Waals surface area contributed by atoms with Crippen molar-refractivity contribution in [3.8, 4) is 0 Å². The normalized spacial score (nSPS) is 9.20. The average molecular weight is 140 g/mol. The van der Waals surface area contributed by atoms with Gasteiger partial charge >= 0.3 is 0 Å². The van der Waals surface area contributed by atoms with Crippen LogP contribution in [0.2, 0.25) is 0 Å². The molecule has 4 N–H and O–H groups in total. The minimum Gasteiger partial charge on any atom is -0.388 e. The van der Waals surface area contributed by atoms with E-state index in [0.29, 0.717) is 12.1 Å². The third-order valence-corrected chi connectivity index (χ3v) is 1.17. The van der Waals surface area contributed by atoms with Gasteiger partial charge in [-0.25, -0.2) is 0 Å². The Morgan fingerprint density at radius 2 is 1.70 bits per heavy atom. The summed E-state index contributed by atoms with van der Waals surface area (Å²) >= 11 is 0. The Morgan fingerprint density at radius 1 is 1.20 bits per heavy atom. The highest BCUT2D eigenvalue weighted by Crippen LogP contribution is 1.99. The Morgan fingerprint density at radius 3 is 2.10 bits per heavy atom.